The van der Waals surface area contributed by atoms with Gasteiger partial charge in [0.1, 0.15) is 0 Å². The van der Waals surface area contributed by atoms with Crippen LogP contribution in [0, 0.1) is 0 Å². The third-order valence-corrected chi connectivity index (χ3v) is 0. The molecule has 0 spiro atoms. The van der Waals surface area contributed by atoms with Crippen molar-refractivity contribution in [3.8, 4) is 0 Å². The average Bonchev–Trinajstić information content (AvgIpc) is 0.918. The van der Waals surface area contributed by atoms with Gasteiger partial charge in [0.15, 0.2) is 0 Å². The molecule has 26 valence electrons. The molecule has 0 heterocycles. The zero-order chi connectivity index (χ0) is 2.71. The molecule has 3 heteroatoms. The van der Waals surface area contributed by atoms with Gasteiger partial charge in [-0.3, -0.25) is 4.79 Å². The van der Waals surface area contributed by atoms with E-state index in [9.17, 15) is 0 Å². The number of carbonyl (C=O) groups excluding carboxylic acids is 1. The van der Waals surface area contributed by atoms with Crippen LogP contribution in [-0.4, -0.2) is 6.41 Å². The minimum Gasteiger partial charge on any atom is -0.372 e. The Morgan fingerprint density at radius 2 is 1.75 bits per heavy atom. The maximum atomic E-state index is 8.58. The molecule has 0 saturated carbocycles. The summed E-state index contributed by atoms with van der Waals surface area (Å²) >= 11 is 0. The molecule has 0 bridgehead atoms. The number of primary amides is 1. The van der Waals surface area contributed by atoms with E-state index in [4.69, 9.17) is 4.79 Å². The predicted octanol–water partition coefficient (Wildman–Crippen LogP) is -0.901. The van der Waals surface area contributed by atoms with E-state index in [1.54, 1.807) is 0 Å². The molecule has 0 radical (unpaired) electrons. The number of amides is 1. The Morgan fingerprint density at radius 1 is 1.75 bits per heavy atom. The van der Waals surface area contributed by atoms with Gasteiger partial charge in [-0.05, 0) is 0 Å². The van der Waals surface area contributed by atoms with Crippen molar-refractivity contribution in [3.05, 3.63) is 0 Å². The van der Waals surface area contributed by atoms with E-state index in [0.717, 1.165) is 0 Å². The van der Waals surface area contributed by atoms with Gasteiger partial charge in [0, 0.05) is 19.5 Å². The first-order valence-electron chi connectivity index (χ1n) is 0.569. The van der Waals surface area contributed by atoms with Crippen LogP contribution >= 0.6 is 0 Å². The molecular weight excluding hydrogens is 143 g/mol. The molecule has 0 aromatic carbocycles. The molecule has 0 unspecified atom stereocenters. The van der Waals surface area contributed by atoms with Crippen molar-refractivity contribution >= 4 is 6.41 Å². The molecule has 0 atom stereocenters. The second kappa shape index (κ2) is 11.3. The van der Waals surface area contributed by atoms with Crippen LogP contribution in [0.1, 0.15) is 0 Å². The zero-order valence-corrected chi connectivity index (χ0v) is 3.65. The average molecular weight is 146 g/mol. The van der Waals surface area contributed by atoms with Gasteiger partial charge in [0.05, 0.1) is 0 Å². The number of hydrogen-bond donors (Lipinski definition) is 1. The summed E-state index contributed by atoms with van der Waals surface area (Å²) in [5, 5.41) is 0. The molecule has 2 nitrogen and oxygen atoms in total. The van der Waals surface area contributed by atoms with Crippen LogP contribution in [0.5, 0.6) is 0 Å². The monoisotopic (exact) mass is 147 g/mol. The fourth-order valence-electron chi connectivity index (χ4n) is 0. The van der Waals surface area contributed by atoms with Crippen LogP contribution in [0.25, 0.3) is 0 Å². The van der Waals surface area contributed by atoms with E-state index in [1.807, 2.05) is 0 Å². The second-order valence-corrected chi connectivity index (χ2v) is 0.136. The summed E-state index contributed by atoms with van der Waals surface area (Å²) in [4.78, 5) is 8.58. The van der Waals surface area contributed by atoms with Gasteiger partial charge in [-0.25, -0.2) is 0 Å². The summed E-state index contributed by atoms with van der Waals surface area (Å²) < 4.78 is 0. The number of rotatable bonds is 0. The van der Waals surface area contributed by atoms with Crippen LogP contribution in [0.15, 0.2) is 0 Å². The van der Waals surface area contributed by atoms with Crippen LogP contribution in [-0.2, 0) is 24.3 Å². The Hall–Kier alpha value is 0.0934. The smallest absolute Gasteiger partial charge is 0.204 e. The van der Waals surface area contributed by atoms with Crippen molar-refractivity contribution in [2.24, 2.45) is 5.73 Å². The van der Waals surface area contributed by atoms with Gasteiger partial charge in [0.25, 0.3) is 0 Å². The van der Waals surface area contributed by atoms with Crippen molar-refractivity contribution in [3.63, 3.8) is 0 Å². The Kier molecular flexibility index (Phi) is 25.3. The van der Waals surface area contributed by atoms with Crippen molar-refractivity contribution in [1.82, 2.24) is 0 Å². The van der Waals surface area contributed by atoms with Gasteiger partial charge in [-0.2, -0.15) is 0 Å². The number of carbonyl (C=O) groups is 1. The summed E-state index contributed by atoms with van der Waals surface area (Å²) in [6, 6.07) is 0. The van der Waals surface area contributed by atoms with E-state index >= 15 is 0 Å². The Morgan fingerprint density at radius 3 is 1.75 bits per heavy atom. The quantitative estimate of drug-likeness (QED) is 0.349. The summed E-state index contributed by atoms with van der Waals surface area (Å²) in [6.45, 7) is 0. The zero-order valence-electron chi connectivity index (χ0n) is 1.92. The minimum atomic E-state index is 0. The van der Waals surface area contributed by atoms with Crippen LogP contribution in [0.3, 0.4) is 0 Å². The molecule has 0 fully saturated rings. The topological polar surface area (TPSA) is 43.1 Å². The second-order valence-electron chi connectivity index (χ2n) is 0.136. The molecule has 2 N–H and O–H groups in total. The van der Waals surface area contributed by atoms with E-state index in [1.165, 1.54) is 0 Å². The third kappa shape index (κ3) is 287. The van der Waals surface area contributed by atoms with Gasteiger partial charge >= 0.3 is 0 Å². The summed E-state index contributed by atoms with van der Waals surface area (Å²) in [5.74, 6) is 0. The molecule has 1 amide bonds. The van der Waals surface area contributed by atoms with E-state index in [2.05, 4.69) is 5.73 Å². The fraction of sp³-hybridized carbons (Fsp3) is 0. The van der Waals surface area contributed by atoms with Crippen molar-refractivity contribution in [1.29, 1.82) is 0 Å². The SMILES string of the molecule is NC=O.[Ru]. The largest absolute Gasteiger partial charge is 0.372 e. The third-order valence-electron chi connectivity index (χ3n) is 0. The molecule has 0 saturated heterocycles. The fourth-order valence-corrected chi connectivity index (χ4v) is 0. The molecule has 0 rings (SSSR count). The molecular formula is CH3NORu. The molecule has 0 aliphatic heterocycles. The van der Waals surface area contributed by atoms with Crippen LogP contribution < -0.4 is 5.73 Å². The molecule has 0 aromatic rings. The van der Waals surface area contributed by atoms with Gasteiger partial charge in [-0.15, -0.1) is 0 Å². The first-order chi connectivity index (χ1) is 1.41. The van der Waals surface area contributed by atoms with Crippen molar-refractivity contribution in [2.75, 3.05) is 0 Å². The summed E-state index contributed by atoms with van der Waals surface area (Å²) in [7, 11) is 0. The Balaban J connectivity index is 0. The first kappa shape index (κ1) is 8.94. The molecule has 0 aliphatic carbocycles. The Labute approximate surface area is 37.1 Å². The maximum Gasteiger partial charge on any atom is 0.204 e. The normalized spacial score (nSPS) is 3.00. The van der Waals surface area contributed by atoms with Gasteiger partial charge in [0.2, 0.25) is 6.41 Å². The predicted molar refractivity (Wildman–Crippen MR) is 10.3 cm³/mol. The molecule has 4 heavy (non-hydrogen) atoms. The first-order valence-corrected chi connectivity index (χ1v) is 0.569. The standard InChI is InChI=1S/CH3NO.Ru/c2-1-3;/h1H,(H2,2,3);. The van der Waals surface area contributed by atoms with E-state index in [-0.39, 0.29) is 25.9 Å². The van der Waals surface area contributed by atoms with Gasteiger partial charge < -0.3 is 5.73 Å². The summed E-state index contributed by atoms with van der Waals surface area (Å²) in [5.41, 5.74) is 4.17. The number of hydrogen-bond acceptors (Lipinski definition) is 1. The van der Waals surface area contributed by atoms with Crippen LogP contribution in [0.4, 0.5) is 0 Å². The molecule has 0 aliphatic rings. The van der Waals surface area contributed by atoms with Crippen LogP contribution in [0.2, 0.25) is 0 Å². The maximum absolute atomic E-state index is 8.58. The van der Waals surface area contributed by atoms with Gasteiger partial charge in [-0.1, -0.05) is 0 Å². The van der Waals surface area contributed by atoms with E-state index < -0.39 is 0 Å². The van der Waals surface area contributed by atoms with E-state index in [0.29, 0.717) is 0 Å². The van der Waals surface area contributed by atoms with Crippen molar-refractivity contribution < 1.29 is 24.3 Å². The van der Waals surface area contributed by atoms with Crippen molar-refractivity contribution in [2.45, 2.75) is 0 Å². The summed E-state index contributed by atoms with van der Waals surface area (Å²) in [6.07, 6.45) is 0.250. The Bertz CT molecular complexity index is 15.5. The number of nitrogens with two attached hydrogens (primary N) is 1. The minimum absolute atomic E-state index is 0. The molecule has 0 aromatic heterocycles.